The summed E-state index contributed by atoms with van der Waals surface area (Å²) in [5.74, 6) is -0.886. The summed E-state index contributed by atoms with van der Waals surface area (Å²) in [5, 5.41) is 6.01. The monoisotopic (exact) mass is 456 g/mol. The SMILES string of the molecule is CNC(=O)CN(C)S(=O)(=O)c1cc(-c2nn(C)c(OC(F)F)c2Cl)ccc1Cl. The molecule has 0 aliphatic rings. The molecule has 0 radical (unpaired) electrons. The Morgan fingerprint density at radius 3 is 2.61 bits per heavy atom. The summed E-state index contributed by atoms with van der Waals surface area (Å²) in [4.78, 5) is 11.2. The van der Waals surface area contributed by atoms with Crippen molar-refractivity contribution in [2.75, 3.05) is 20.6 Å². The Kier molecular flexibility index (Phi) is 6.86. The van der Waals surface area contributed by atoms with Crippen molar-refractivity contribution in [3.63, 3.8) is 0 Å². The summed E-state index contributed by atoms with van der Waals surface area (Å²) in [6, 6.07) is 3.93. The highest BCUT2D eigenvalue weighted by atomic mass is 35.5. The van der Waals surface area contributed by atoms with Crippen LogP contribution >= 0.6 is 23.2 Å². The predicted octanol–water partition coefficient (Wildman–Crippen LogP) is 2.36. The lowest BCUT2D eigenvalue weighted by atomic mass is 10.1. The van der Waals surface area contributed by atoms with Crippen LogP contribution in [-0.4, -0.2) is 55.7 Å². The lowest BCUT2D eigenvalue weighted by Crippen LogP contribution is -2.37. The summed E-state index contributed by atoms with van der Waals surface area (Å²) in [6.45, 7) is -3.53. The van der Waals surface area contributed by atoms with Gasteiger partial charge >= 0.3 is 6.61 Å². The maximum atomic E-state index is 12.8. The second-order valence-corrected chi connectivity index (χ2v) is 8.35. The number of sulfonamides is 1. The first-order valence-electron chi connectivity index (χ1n) is 7.63. The van der Waals surface area contributed by atoms with E-state index in [0.29, 0.717) is 0 Å². The van der Waals surface area contributed by atoms with Gasteiger partial charge in [0.25, 0.3) is 0 Å². The molecule has 0 spiro atoms. The highest BCUT2D eigenvalue weighted by Crippen LogP contribution is 2.37. The summed E-state index contributed by atoms with van der Waals surface area (Å²) in [5.41, 5.74) is 0.239. The fourth-order valence-electron chi connectivity index (χ4n) is 2.26. The average molecular weight is 457 g/mol. The molecule has 1 amide bonds. The molecular formula is C15H16Cl2F2N4O4S. The number of carbonyl (C=O) groups excluding carboxylic acids is 1. The van der Waals surface area contributed by atoms with E-state index in [1.165, 1.54) is 39.3 Å². The lowest BCUT2D eigenvalue weighted by molar-refractivity contribution is -0.120. The molecule has 8 nitrogen and oxygen atoms in total. The Bertz CT molecular complexity index is 998. The number of hydrogen-bond acceptors (Lipinski definition) is 5. The van der Waals surface area contributed by atoms with E-state index in [0.717, 1.165) is 8.99 Å². The van der Waals surface area contributed by atoms with E-state index in [2.05, 4.69) is 15.2 Å². The van der Waals surface area contributed by atoms with Gasteiger partial charge in [-0.3, -0.25) is 4.79 Å². The Labute approximate surface area is 170 Å². The molecule has 2 rings (SSSR count). The number of benzene rings is 1. The molecule has 0 aliphatic heterocycles. The van der Waals surface area contributed by atoms with Gasteiger partial charge in [-0.05, 0) is 12.1 Å². The molecule has 1 aromatic heterocycles. The number of alkyl halides is 2. The van der Waals surface area contributed by atoms with Crippen LogP contribution in [0.4, 0.5) is 8.78 Å². The van der Waals surface area contributed by atoms with Crippen molar-refractivity contribution >= 4 is 39.1 Å². The summed E-state index contributed by atoms with van der Waals surface area (Å²) >= 11 is 12.1. The zero-order chi connectivity index (χ0) is 21.2. The van der Waals surface area contributed by atoms with E-state index in [9.17, 15) is 22.0 Å². The van der Waals surface area contributed by atoms with Gasteiger partial charge in [0.1, 0.15) is 15.6 Å². The van der Waals surface area contributed by atoms with Gasteiger partial charge in [-0.25, -0.2) is 13.1 Å². The first-order chi connectivity index (χ1) is 13.0. The number of amides is 1. The maximum Gasteiger partial charge on any atom is 0.388 e. The smallest absolute Gasteiger partial charge is 0.388 e. The van der Waals surface area contributed by atoms with Gasteiger partial charge < -0.3 is 10.1 Å². The van der Waals surface area contributed by atoms with Crippen LogP contribution in [0.1, 0.15) is 0 Å². The van der Waals surface area contributed by atoms with E-state index in [-0.39, 0.29) is 32.1 Å². The molecule has 0 aliphatic carbocycles. The number of ether oxygens (including phenoxy) is 1. The molecule has 154 valence electrons. The van der Waals surface area contributed by atoms with Crippen LogP contribution in [0.25, 0.3) is 11.3 Å². The normalized spacial score (nSPS) is 11.9. The number of likely N-dealkylation sites (N-methyl/N-ethyl adjacent to an activating group) is 2. The number of hydrogen-bond donors (Lipinski definition) is 1. The van der Waals surface area contributed by atoms with Crippen LogP contribution in [0.3, 0.4) is 0 Å². The summed E-state index contributed by atoms with van der Waals surface area (Å²) in [7, 11) is -0.192. The molecule has 1 heterocycles. The minimum absolute atomic E-state index is 0.0295. The van der Waals surface area contributed by atoms with Gasteiger partial charge in [0.15, 0.2) is 0 Å². The maximum absolute atomic E-state index is 12.8. The van der Waals surface area contributed by atoms with Crippen LogP contribution in [-0.2, 0) is 21.9 Å². The third-order valence-corrected chi connectivity index (χ3v) is 6.30. The summed E-state index contributed by atoms with van der Waals surface area (Å²) in [6.07, 6.45) is 0. The zero-order valence-electron chi connectivity index (χ0n) is 14.9. The predicted molar refractivity (Wildman–Crippen MR) is 99.2 cm³/mol. The second kappa shape index (κ2) is 8.60. The van der Waals surface area contributed by atoms with Crippen LogP contribution in [0.2, 0.25) is 10.0 Å². The van der Waals surface area contributed by atoms with E-state index in [1.807, 2.05) is 0 Å². The first kappa shape index (κ1) is 22.3. The number of rotatable bonds is 7. The van der Waals surface area contributed by atoms with Gasteiger partial charge in [-0.15, -0.1) is 0 Å². The molecule has 0 saturated carbocycles. The number of aromatic nitrogens is 2. The van der Waals surface area contributed by atoms with E-state index in [4.69, 9.17) is 23.2 Å². The van der Waals surface area contributed by atoms with E-state index in [1.54, 1.807) is 0 Å². The van der Waals surface area contributed by atoms with Crippen molar-refractivity contribution < 1.29 is 26.7 Å². The highest BCUT2D eigenvalue weighted by molar-refractivity contribution is 7.89. The molecule has 0 saturated heterocycles. The number of nitrogens with one attached hydrogen (secondary N) is 1. The zero-order valence-corrected chi connectivity index (χ0v) is 17.2. The van der Waals surface area contributed by atoms with Gasteiger partial charge in [-0.2, -0.15) is 18.2 Å². The molecule has 13 heteroatoms. The van der Waals surface area contributed by atoms with Crippen molar-refractivity contribution in [3.05, 3.63) is 28.2 Å². The van der Waals surface area contributed by atoms with Crippen LogP contribution < -0.4 is 10.1 Å². The molecular weight excluding hydrogens is 441 g/mol. The van der Waals surface area contributed by atoms with Gasteiger partial charge in [0, 0.05) is 26.7 Å². The topological polar surface area (TPSA) is 93.5 Å². The Balaban J connectivity index is 2.51. The quantitative estimate of drug-likeness (QED) is 0.689. The second-order valence-electron chi connectivity index (χ2n) is 5.55. The van der Waals surface area contributed by atoms with E-state index >= 15 is 0 Å². The molecule has 2 aromatic rings. The van der Waals surface area contributed by atoms with Crippen molar-refractivity contribution in [2.24, 2.45) is 7.05 Å². The molecule has 0 fully saturated rings. The van der Waals surface area contributed by atoms with E-state index < -0.39 is 29.1 Å². The Morgan fingerprint density at radius 1 is 1.39 bits per heavy atom. The fraction of sp³-hybridized carbons (Fsp3) is 0.333. The molecule has 0 atom stereocenters. The van der Waals surface area contributed by atoms with Crippen LogP contribution in [0.15, 0.2) is 23.1 Å². The lowest BCUT2D eigenvalue weighted by Gasteiger charge is -2.17. The molecule has 0 unspecified atom stereocenters. The molecule has 1 aromatic carbocycles. The number of aryl methyl sites for hydroxylation is 1. The van der Waals surface area contributed by atoms with Gasteiger partial charge in [-0.1, -0.05) is 29.3 Å². The first-order valence-corrected chi connectivity index (χ1v) is 9.82. The largest absolute Gasteiger partial charge is 0.416 e. The highest BCUT2D eigenvalue weighted by Gasteiger charge is 2.27. The Hall–Kier alpha value is -1.95. The standard InChI is InChI=1S/C15H16Cl2F2N4O4S/c1-20-11(24)7-22(2)28(25,26)10-6-8(4-5-9(10)16)13-12(17)14(23(3)21-13)27-15(18)19/h4-6,15H,7H2,1-3H3,(H,20,24). The molecule has 0 bridgehead atoms. The number of halogens is 4. The van der Waals surface area contributed by atoms with Gasteiger partial charge in [0.05, 0.1) is 11.6 Å². The average Bonchev–Trinajstić information content (AvgIpc) is 2.89. The Morgan fingerprint density at radius 2 is 2.04 bits per heavy atom. The van der Waals surface area contributed by atoms with Crippen molar-refractivity contribution in [1.82, 2.24) is 19.4 Å². The minimum Gasteiger partial charge on any atom is -0.416 e. The van der Waals surface area contributed by atoms with Crippen LogP contribution in [0.5, 0.6) is 5.88 Å². The van der Waals surface area contributed by atoms with Crippen molar-refractivity contribution in [1.29, 1.82) is 0 Å². The number of nitrogens with zero attached hydrogens (tertiary/aromatic N) is 3. The van der Waals surface area contributed by atoms with Crippen molar-refractivity contribution in [3.8, 4) is 17.1 Å². The number of carbonyl (C=O) groups is 1. The molecule has 28 heavy (non-hydrogen) atoms. The minimum atomic E-state index is -4.13. The summed E-state index contributed by atoms with van der Waals surface area (Å²) < 4.78 is 56.8. The molecule has 1 N–H and O–H groups in total. The third-order valence-electron chi connectivity index (χ3n) is 3.68. The van der Waals surface area contributed by atoms with Crippen LogP contribution in [0, 0.1) is 0 Å². The fourth-order valence-corrected chi connectivity index (χ4v) is 4.20. The van der Waals surface area contributed by atoms with Crippen molar-refractivity contribution in [2.45, 2.75) is 11.5 Å². The third kappa shape index (κ3) is 4.54. The van der Waals surface area contributed by atoms with Gasteiger partial charge in [0.2, 0.25) is 21.8 Å².